The van der Waals surface area contributed by atoms with Crippen LogP contribution in [-0.2, 0) is 0 Å². The molecular weight excluding hydrogens is 360 g/mol. The summed E-state index contributed by atoms with van der Waals surface area (Å²) in [5.41, 5.74) is 2.44. The highest BCUT2D eigenvalue weighted by Gasteiger charge is 2.41. The minimum Gasteiger partial charge on any atom is -0.306 e. The molecule has 2 heterocycles. The van der Waals surface area contributed by atoms with E-state index in [1.807, 2.05) is 24.3 Å². The van der Waals surface area contributed by atoms with Crippen molar-refractivity contribution in [3.05, 3.63) is 70.7 Å². The molecule has 1 aromatic heterocycles. The molecule has 1 aliphatic heterocycles. The van der Waals surface area contributed by atoms with Crippen LogP contribution >= 0.6 is 11.6 Å². The Balaban J connectivity index is 2.13. The number of allylic oxidation sites excluding steroid dienone is 1. The van der Waals surface area contributed by atoms with E-state index in [0.29, 0.717) is 30.1 Å². The van der Waals surface area contributed by atoms with Gasteiger partial charge in [-0.3, -0.25) is 4.79 Å². The number of nitrogens with zero attached hydrogens (tertiary/aromatic N) is 4. The van der Waals surface area contributed by atoms with Gasteiger partial charge in [-0.15, -0.1) is 11.7 Å². The summed E-state index contributed by atoms with van der Waals surface area (Å²) >= 11 is 6.46. The molecule has 1 aromatic carbocycles. The van der Waals surface area contributed by atoms with Gasteiger partial charge in [-0.25, -0.2) is 16.2 Å². The molecule has 3 rings (SSSR count). The molecule has 0 aliphatic carbocycles. The van der Waals surface area contributed by atoms with Gasteiger partial charge in [0.1, 0.15) is 5.71 Å². The minimum absolute atomic E-state index is 0.117. The van der Waals surface area contributed by atoms with E-state index in [0.717, 1.165) is 23.3 Å². The van der Waals surface area contributed by atoms with Crippen molar-refractivity contribution in [1.82, 2.24) is 9.78 Å². The van der Waals surface area contributed by atoms with Gasteiger partial charge >= 0.3 is 0 Å². The molecule has 6 heteroatoms. The first-order valence-electron chi connectivity index (χ1n) is 9.02. The number of rotatable bonds is 6. The quantitative estimate of drug-likeness (QED) is 0.494. The Morgan fingerprint density at radius 1 is 1.41 bits per heavy atom. The van der Waals surface area contributed by atoms with Crippen LogP contribution in [0.3, 0.4) is 0 Å². The zero-order valence-electron chi connectivity index (χ0n) is 15.2. The summed E-state index contributed by atoms with van der Waals surface area (Å²) in [4.78, 5) is 20.9. The van der Waals surface area contributed by atoms with Crippen molar-refractivity contribution in [3.63, 3.8) is 0 Å². The first-order chi connectivity index (χ1) is 13.1. The number of hydrogen-bond acceptors (Lipinski definition) is 3. The molecule has 0 N–H and O–H groups in total. The molecule has 0 saturated heterocycles. The largest absolute Gasteiger partial charge is 0.306 e. The predicted molar refractivity (Wildman–Crippen MR) is 108 cm³/mol. The summed E-state index contributed by atoms with van der Waals surface area (Å²) in [6.07, 6.45) is 5.93. The topological polar surface area (TPSA) is 51.6 Å². The van der Waals surface area contributed by atoms with E-state index in [1.165, 1.54) is 4.68 Å². The lowest BCUT2D eigenvalue weighted by molar-refractivity contribution is 0.0888. The SMILES string of the molecule is [C-]#[N+]C1C(CCC)=Nc2nn(C(=O)CCC=C)cc2C1c1ccccc1Cl. The van der Waals surface area contributed by atoms with Crippen LogP contribution < -0.4 is 0 Å². The highest BCUT2D eigenvalue weighted by Crippen LogP contribution is 2.42. The maximum Gasteiger partial charge on any atom is 0.272 e. The predicted octanol–water partition coefficient (Wildman–Crippen LogP) is 5.45. The fourth-order valence-electron chi connectivity index (χ4n) is 3.39. The summed E-state index contributed by atoms with van der Waals surface area (Å²) in [6, 6.07) is 7.08. The van der Waals surface area contributed by atoms with Gasteiger partial charge in [0.15, 0.2) is 5.82 Å². The molecule has 2 atom stereocenters. The number of hydrogen-bond donors (Lipinski definition) is 0. The molecule has 2 unspecified atom stereocenters. The summed E-state index contributed by atoms with van der Waals surface area (Å²) in [7, 11) is 0. The van der Waals surface area contributed by atoms with E-state index in [4.69, 9.17) is 18.2 Å². The molecule has 0 bridgehead atoms. The Bertz CT molecular complexity index is 938. The van der Waals surface area contributed by atoms with Gasteiger partial charge in [0.2, 0.25) is 5.91 Å². The first-order valence-corrected chi connectivity index (χ1v) is 9.40. The molecule has 0 saturated carbocycles. The molecule has 0 spiro atoms. The molecule has 27 heavy (non-hydrogen) atoms. The van der Waals surface area contributed by atoms with Gasteiger partial charge in [-0.2, -0.15) is 0 Å². The Hall–Kier alpha value is -2.71. The molecule has 138 valence electrons. The highest BCUT2D eigenvalue weighted by atomic mass is 35.5. The number of carbonyl (C=O) groups excluding carboxylic acids is 1. The zero-order valence-corrected chi connectivity index (χ0v) is 16.0. The third-order valence-electron chi connectivity index (χ3n) is 4.67. The molecule has 1 aliphatic rings. The number of aromatic nitrogens is 2. The maximum absolute atomic E-state index is 12.4. The van der Waals surface area contributed by atoms with Gasteiger partial charge < -0.3 is 4.85 Å². The highest BCUT2D eigenvalue weighted by molar-refractivity contribution is 6.31. The van der Waals surface area contributed by atoms with Crippen LogP contribution in [0.1, 0.15) is 54.4 Å². The van der Waals surface area contributed by atoms with E-state index in [2.05, 4.69) is 28.4 Å². The number of halogens is 1. The van der Waals surface area contributed by atoms with Crippen LogP contribution in [-0.4, -0.2) is 27.4 Å². The van der Waals surface area contributed by atoms with E-state index in [-0.39, 0.29) is 11.8 Å². The van der Waals surface area contributed by atoms with E-state index in [1.54, 1.807) is 12.3 Å². The van der Waals surface area contributed by atoms with Crippen molar-refractivity contribution in [2.24, 2.45) is 4.99 Å². The molecule has 2 aromatic rings. The Kier molecular flexibility index (Phi) is 5.88. The summed E-state index contributed by atoms with van der Waals surface area (Å²) in [5, 5.41) is 5.01. The van der Waals surface area contributed by atoms with Crippen molar-refractivity contribution in [1.29, 1.82) is 0 Å². The van der Waals surface area contributed by atoms with Crippen LogP contribution in [0, 0.1) is 6.57 Å². The third-order valence-corrected chi connectivity index (χ3v) is 5.01. The van der Waals surface area contributed by atoms with Crippen LogP contribution in [0.4, 0.5) is 5.82 Å². The standard InChI is InChI=1S/C21H21ClN4O/c1-4-6-12-18(27)26-13-15-19(14-10-7-8-11-16(14)22)20(23-3)17(9-5-2)24-21(15)25-26/h4,7-8,10-11,13,19-20H,1,5-6,9,12H2,2H3. The molecule has 0 amide bonds. The lowest BCUT2D eigenvalue weighted by atomic mass is 9.81. The first kappa shape index (κ1) is 19.1. The maximum atomic E-state index is 12.4. The van der Waals surface area contributed by atoms with Crippen LogP contribution in [0.25, 0.3) is 4.85 Å². The van der Waals surface area contributed by atoms with Gasteiger partial charge in [-0.1, -0.05) is 49.2 Å². The van der Waals surface area contributed by atoms with Gasteiger partial charge in [0, 0.05) is 23.2 Å². The minimum atomic E-state index is -0.446. The van der Waals surface area contributed by atoms with Gasteiger partial charge in [-0.05, 0) is 24.5 Å². The molecule has 0 fully saturated rings. The number of benzene rings is 1. The van der Waals surface area contributed by atoms with Crippen LogP contribution in [0.15, 0.2) is 48.1 Å². The number of carbonyl (C=O) groups is 1. The summed E-state index contributed by atoms with van der Waals surface area (Å²) in [5.74, 6) is 0.107. The molecule has 5 nitrogen and oxygen atoms in total. The fourth-order valence-corrected chi connectivity index (χ4v) is 3.64. The Morgan fingerprint density at radius 3 is 2.85 bits per heavy atom. The van der Waals surface area contributed by atoms with E-state index < -0.39 is 6.04 Å². The normalized spacial score (nSPS) is 18.3. The zero-order chi connectivity index (χ0) is 19.4. The summed E-state index contributed by atoms with van der Waals surface area (Å²) < 4.78 is 1.34. The second kappa shape index (κ2) is 8.32. The summed E-state index contributed by atoms with van der Waals surface area (Å²) in [6.45, 7) is 13.5. The van der Waals surface area contributed by atoms with Crippen LogP contribution in [0.5, 0.6) is 0 Å². The monoisotopic (exact) mass is 380 g/mol. The van der Waals surface area contributed by atoms with Crippen molar-refractivity contribution in [2.75, 3.05) is 0 Å². The fraction of sp³-hybridized carbons (Fsp3) is 0.333. The van der Waals surface area contributed by atoms with E-state index >= 15 is 0 Å². The number of fused-ring (bicyclic) bond motifs is 1. The average molecular weight is 381 g/mol. The van der Waals surface area contributed by atoms with Gasteiger partial charge in [0.05, 0.1) is 5.92 Å². The molecular formula is C21H21ClN4O. The smallest absolute Gasteiger partial charge is 0.272 e. The second-order valence-electron chi connectivity index (χ2n) is 6.50. The van der Waals surface area contributed by atoms with Crippen molar-refractivity contribution < 1.29 is 4.79 Å². The lowest BCUT2D eigenvalue weighted by Crippen LogP contribution is -2.29. The van der Waals surface area contributed by atoms with E-state index in [9.17, 15) is 4.79 Å². The van der Waals surface area contributed by atoms with Crippen molar-refractivity contribution in [2.45, 2.75) is 44.6 Å². The van der Waals surface area contributed by atoms with Crippen LogP contribution in [0.2, 0.25) is 5.02 Å². The Labute approximate surface area is 164 Å². The Morgan fingerprint density at radius 2 is 2.19 bits per heavy atom. The van der Waals surface area contributed by atoms with Crippen molar-refractivity contribution in [3.8, 4) is 0 Å². The second-order valence-corrected chi connectivity index (χ2v) is 6.91. The van der Waals surface area contributed by atoms with Gasteiger partial charge in [0.25, 0.3) is 6.04 Å². The number of aliphatic imine (C=N–C) groups is 1. The lowest BCUT2D eigenvalue weighted by Gasteiger charge is -2.24. The third kappa shape index (κ3) is 3.72. The van der Waals surface area contributed by atoms with Crippen molar-refractivity contribution >= 4 is 29.0 Å². The average Bonchev–Trinajstić information content (AvgIpc) is 3.09. The molecule has 0 radical (unpaired) electrons.